The molecule has 0 heterocycles. The van der Waals surface area contributed by atoms with E-state index in [0.717, 1.165) is 37.7 Å². The first-order valence-corrected chi connectivity index (χ1v) is 14.2. The number of aliphatic hydroxyl groups is 1. The highest BCUT2D eigenvalue weighted by molar-refractivity contribution is 7.86. The van der Waals surface area contributed by atoms with Crippen molar-refractivity contribution in [3.63, 3.8) is 0 Å². The number of amides is 1. The average Bonchev–Trinajstić information content (AvgIpc) is 2.85. The summed E-state index contributed by atoms with van der Waals surface area (Å²) in [5.41, 5.74) is -0.551. The van der Waals surface area contributed by atoms with Gasteiger partial charge >= 0.3 is 11.9 Å². The molecule has 1 aliphatic carbocycles. The molecule has 1 aromatic carbocycles. The van der Waals surface area contributed by atoms with Crippen LogP contribution in [0.4, 0.5) is 0 Å². The zero-order valence-electron chi connectivity index (χ0n) is 21.8. The van der Waals surface area contributed by atoms with Crippen LogP contribution in [0.15, 0.2) is 30.3 Å². The van der Waals surface area contributed by atoms with E-state index in [2.05, 4.69) is 5.32 Å². The minimum Gasteiger partial charge on any atom is -0.425 e. The molecule has 1 aromatic rings. The summed E-state index contributed by atoms with van der Waals surface area (Å²) in [4.78, 5) is 36.4. The molecule has 1 unspecified atom stereocenters. The van der Waals surface area contributed by atoms with E-state index in [0.29, 0.717) is 0 Å². The van der Waals surface area contributed by atoms with Gasteiger partial charge in [0.05, 0.1) is 18.8 Å². The molecule has 37 heavy (non-hydrogen) atoms. The van der Waals surface area contributed by atoms with Crippen molar-refractivity contribution in [2.45, 2.75) is 78.1 Å². The lowest BCUT2D eigenvalue weighted by Crippen LogP contribution is -2.44. The topological polar surface area (TPSA) is 145 Å². The van der Waals surface area contributed by atoms with Crippen LogP contribution in [0.5, 0.6) is 0 Å². The Kier molecular flexibility index (Phi) is 12.0. The minimum atomic E-state index is -3.94. The highest BCUT2D eigenvalue weighted by Crippen LogP contribution is 2.30. The Morgan fingerprint density at radius 2 is 1.73 bits per heavy atom. The van der Waals surface area contributed by atoms with Gasteiger partial charge in [-0.1, -0.05) is 63.4 Å². The van der Waals surface area contributed by atoms with E-state index in [1.807, 2.05) is 18.2 Å². The summed E-state index contributed by atoms with van der Waals surface area (Å²) in [6.07, 6.45) is 1.61. The molecule has 10 nitrogen and oxygen atoms in total. The van der Waals surface area contributed by atoms with Crippen LogP contribution < -0.4 is 5.32 Å². The molecule has 2 atom stereocenters. The summed E-state index contributed by atoms with van der Waals surface area (Å²) in [5, 5.41) is 13.2. The number of esters is 2. The molecule has 1 amide bonds. The first-order chi connectivity index (χ1) is 17.4. The predicted octanol–water partition coefficient (Wildman–Crippen LogP) is 2.48. The van der Waals surface area contributed by atoms with Gasteiger partial charge in [-0.3, -0.25) is 13.8 Å². The summed E-state index contributed by atoms with van der Waals surface area (Å²) in [6, 6.07) is 9.05. The van der Waals surface area contributed by atoms with Gasteiger partial charge in [0.15, 0.2) is 6.10 Å². The average molecular weight is 542 g/mol. The van der Waals surface area contributed by atoms with Crippen molar-refractivity contribution in [2.24, 2.45) is 11.3 Å². The van der Waals surface area contributed by atoms with Gasteiger partial charge in [-0.05, 0) is 24.8 Å². The Hall–Kier alpha value is -2.50. The number of aliphatic hydroxyl groups excluding tert-OH is 1. The molecule has 0 saturated heterocycles. The maximum absolute atomic E-state index is 12.9. The fourth-order valence-corrected chi connectivity index (χ4v) is 5.05. The van der Waals surface area contributed by atoms with E-state index in [1.54, 1.807) is 12.1 Å². The summed E-state index contributed by atoms with van der Waals surface area (Å²) < 4.78 is 40.5. The monoisotopic (exact) mass is 541 g/mol. The van der Waals surface area contributed by atoms with Gasteiger partial charge in [0.2, 0.25) is 12.2 Å². The van der Waals surface area contributed by atoms with Crippen molar-refractivity contribution in [3.05, 3.63) is 35.9 Å². The Bertz CT molecular complexity index is 989. The number of hydrogen-bond donors (Lipinski definition) is 2. The number of benzene rings is 1. The van der Waals surface area contributed by atoms with Gasteiger partial charge in [0, 0.05) is 24.8 Å². The van der Waals surface area contributed by atoms with E-state index in [-0.39, 0.29) is 37.0 Å². The number of nitrogens with one attached hydrogen (secondary N) is 1. The second-order valence-electron chi connectivity index (χ2n) is 10.1. The number of carbonyl (C=O) groups is 3. The smallest absolute Gasteiger partial charge is 0.338 e. The van der Waals surface area contributed by atoms with Gasteiger partial charge in [-0.15, -0.1) is 0 Å². The summed E-state index contributed by atoms with van der Waals surface area (Å²) in [6.45, 7) is 4.00. The molecule has 2 rings (SSSR count). The summed E-state index contributed by atoms with van der Waals surface area (Å²) in [7, 11) is -3.94. The molecule has 0 aromatic heterocycles. The van der Waals surface area contributed by atoms with Crippen molar-refractivity contribution in [1.29, 1.82) is 0 Å². The molecular formula is C26H39NO9S. The molecule has 0 radical (unpaired) electrons. The SMILES string of the molecule is CC(=O)NCCCS(=O)(=O)OCC(C)(C)[C@@H](O)C(=O)OC(OC(=O)Cc1ccccc1)C1CCCCC1. The fraction of sp³-hybridized carbons (Fsp3) is 0.654. The van der Waals surface area contributed by atoms with E-state index >= 15 is 0 Å². The molecule has 1 aliphatic rings. The zero-order chi connectivity index (χ0) is 27.5. The Balaban J connectivity index is 1.97. The third kappa shape index (κ3) is 11.2. The zero-order valence-corrected chi connectivity index (χ0v) is 22.6. The number of rotatable bonds is 14. The molecule has 1 fully saturated rings. The maximum atomic E-state index is 12.9. The van der Waals surface area contributed by atoms with Crippen molar-refractivity contribution >= 4 is 28.0 Å². The van der Waals surface area contributed by atoms with Crippen LogP contribution >= 0.6 is 0 Å². The second kappa shape index (κ2) is 14.4. The van der Waals surface area contributed by atoms with Crippen LogP contribution in [0, 0.1) is 11.3 Å². The van der Waals surface area contributed by atoms with Gasteiger partial charge < -0.3 is 19.9 Å². The first kappa shape index (κ1) is 30.7. The lowest BCUT2D eigenvalue weighted by molar-refractivity contribution is -0.209. The fourth-order valence-electron chi connectivity index (χ4n) is 3.95. The standard InChI is InChI=1S/C26H39NO9S/c1-19(28)27-15-10-16-37(32,33)34-18-26(2,3)23(30)24(31)36-25(21-13-8-5-9-14-21)35-22(29)17-20-11-6-4-7-12-20/h4,6-7,11-12,21,23,25,30H,5,8-10,13-18H2,1-3H3,(H,27,28)/t23-,25?/m0/s1. The highest BCUT2D eigenvalue weighted by Gasteiger charge is 2.39. The lowest BCUT2D eigenvalue weighted by atomic mass is 9.87. The van der Waals surface area contributed by atoms with Crippen LogP contribution in [0.1, 0.15) is 64.9 Å². The minimum absolute atomic E-state index is 0.0172. The van der Waals surface area contributed by atoms with Crippen LogP contribution in [0.25, 0.3) is 0 Å². The van der Waals surface area contributed by atoms with Gasteiger partial charge in [-0.2, -0.15) is 8.42 Å². The van der Waals surface area contributed by atoms with Crippen molar-refractivity contribution in [1.82, 2.24) is 5.32 Å². The lowest BCUT2D eigenvalue weighted by Gasteiger charge is -2.33. The molecule has 208 valence electrons. The van der Waals surface area contributed by atoms with Gasteiger partial charge in [-0.25, -0.2) is 4.79 Å². The Morgan fingerprint density at radius 3 is 2.35 bits per heavy atom. The number of ether oxygens (including phenoxy) is 2. The first-order valence-electron chi connectivity index (χ1n) is 12.6. The van der Waals surface area contributed by atoms with Crippen LogP contribution in [-0.2, 0) is 44.6 Å². The van der Waals surface area contributed by atoms with Crippen LogP contribution in [-0.4, -0.2) is 62.7 Å². The van der Waals surface area contributed by atoms with Crippen molar-refractivity contribution in [2.75, 3.05) is 18.9 Å². The molecule has 0 bridgehead atoms. The maximum Gasteiger partial charge on any atom is 0.338 e. The molecule has 0 spiro atoms. The molecule has 1 saturated carbocycles. The van der Waals surface area contributed by atoms with Gasteiger partial charge in [0.25, 0.3) is 10.1 Å². The molecular weight excluding hydrogens is 502 g/mol. The van der Waals surface area contributed by atoms with Crippen molar-refractivity contribution < 1.29 is 41.6 Å². The van der Waals surface area contributed by atoms with E-state index in [4.69, 9.17) is 13.7 Å². The molecule has 11 heteroatoms. The van der Waals surface area contributed by atoms with Crippen LogP contribution in [0.2, 0.25) is 0 Å². The summed E-state index contributed by atoms with van der Waals surface area (Å²) in [5.74, 6) is -2.34. The van der Waals surface area contributed by atoms with E-state index in [1.165, 1.54) is 20.8 Å². The van der Waals surface area contributed by atoms with Crippen LogP contribution in [0.3, 0.4) is 0 Å². The Morgan fingerprint density at radius 1 is 1.08 bits per heavy atom. The van der Waals surface area contributed by atoms with E-state index < -0.39 is 46.5 Å². The molecule has 0 aliphatic heterocycles. The largest absolute Gasteiger partial charge is 0.425 e. The normalized spacial score (nSPS) is 16.4. The second-order valence-corrected chi connectivity index (χ2v) is 11.9. The predicted molar refractivity (Wildman–Crippen MR) is 136 cm³/mol. The van der Waals surface area contributed by atoms with Gasteiger partial charge in [0.1, 0.15) is 0 Å². The third-order valence-corrected chi connectivity index (χ3v) is 7.49. The highest BCUT2D eigenvalue weighted by atomic mass is 32.2. The third-order valence-electron chi connectivity index (χ3n) is 6.22. The molecule has 2 N–H and O–H groups in total. The van der Waals surface area contributed by atoms with E-state index in [9.17, 15) is 27.9 Å². The Labute approximate surface area is 219 Å². The summed E-state index contributed by atoms with van der Waals surface area (Å²) >= 11 is 0. The number of hydrogen-bond acceptors (Lipinski definition) is 9. The quantitative estimate of drug-likeness (QED) is 0.157. The number of carbonyl (C=O) groups excluding carboxylic acids is 3. The van der Waals surface area contributed by atoms with Crippen molar-refractivity contribution in [3.8, 4) is 0 Å².